The molecule has 2 aromatic carbocycles. The van der Waals surface area contributed by atoms with Gasteiger partial charge in [0.2, 0.25) is 34.8 Å². The number of carbonyl (C=O) groups is 4. The molecule has 260 valence electrons. The highest BCUT2D eigenvalue weighted by atomic mass is 16.7. The molecule has 0 bridgehead atoms. The molecule has 0 aromatic heterocycles. The second-order valence-electron chi connectivity index (χ2n) is 11.5. The molecule has 0 amide bonds. The van der Waals surface area contributed by atoms with Gasteiger partial charge in [-0.25, -0.2) is 4.79 Å². The number of esters is 1. The summed E-state index contributed by atoms with van der Waals surface area (Å²) in [5.74, 6) is -7.92. The number of phenols is 2. The molecule has 2 aliphatic carbocycles. The molecular formula is C32H36O16. The number of aryl methyl sites for hydroxylation is 1. The number of methoxy groups -OCH3 is 6. The monoisotopic (exact) mass is 676 g/mol. The number of benzene rings is 2. The van der Waals surface area contributed by atoms with Crippen molar-refractivity contribution in [1.82, 2.24) is 0 Å². The third-order valence-corrected chi connectivity index (χ3v) is 9.42. The maximum atomic E-state index is 14.2. The first-order valence-corrected chi connectivity index (χ1v) is 14.6. The van der Waals surface area contributed by atoms with Crippen LogP contribution in [0.2, 0.25) is 0 Å². The Hall–Kier alpha value is -4.16. The van der Waals surface area contributed by atoms with E-state index in [1.165, 1.54) is 28.3 Å². The molecule has 8 atom stereocenters. The predicted octanol–water partition coefficient (Wildman–Crippen LogP) is 0.484. The lowest BCUT2D eigenvalue weighted by Crippen LogP contribution is -2.77. The van der Waals surface area contributed by atoms with E-state index >= 15 is 0 Å². The van der Waals surface area contributed by atoms with Crippen molar-refractivity contribution in [3.05, 3.63) is 40.2 Å². The van der Waals surface area contributed by atoms with Crippen molar-refractivity contribution in [2.45, 2.75) is 61.9 Å². The van der Waals surface area contributed by atoms with E-state index in [0.717, 1.165) is 27.4 Å². The number of aromatic hydroxyl groups is 2. The van der Waals surface area contributed by atoms with Crippen LogP contribution in [0.1, 0.15) is 43.6 Å². The minimum absolute atomic E-state index is 0.0787. The first-order valence-electron chi connectivity index (χ1n) is 14.6. The van der Waals surface area contributed by atoms with Crippen LogP contribution in [-0.4, -0.2) is 134 Å². The highest BCUT2D eigenvalue weighted by Crippen LogP contribution is 2.54. The predicted molar refractivity (Wildman–Crippen MR) is 160 cm³/mol. The topological polar surface area (TPSA) is 223 Å². The molecular weight excluding hydrogens is 640 g/mol. The second kappa shape index (κ2) is 12.4. The second-order valence-corrected chi connectivity index (χ2v) is 11.5. The van der Waals surface area contributed by atoms with Gasteiger partial charge in [0.15, 0.2) is 6.10 Å². The Bertz CT molecular complexity index is 1750. The van der Waals surface area contributed by atoms with Crippen LogP contribution in [0.25, 0.3) is 10.8 Å². The van der Waals surface area contributed by atoms with Gasteiger partial charge in [0, 0.05) is 45.3 Å². The van der Waals surface area contributed by atoms with Crippen LogP contribution in [0.5, 0.6) is 17.2 Å². The first-order chi connectivity index (χ1) is 22.7. The number of hydrogen-bond donors (Lipinski definition) is 4. The van der Waals surface area contributed by atoms with Gasteiger partial charge in [0.1, 0.15) is 46.9 Å². The van der Waals surface area contributed by atoms with E-state index in [1.807, 2.05) is 0 Å². The maximum absolute atomic E-state index is 14.2. The standard InChI is InChI=1S/C32H36O16/c1-11-17-13(9-14(18(11)29(39)45-7)48-30-25(44-6)24(43-5)23(42-4)12(2)47-30)21(34)19-20(22(17)35)28(38)32(46-8)16(33)10-15(41-3)26(36)31(32,40)27(19)37/h9-10,12,23-26,30,34-36,40H,1-8H3/t12-,23-,24+,25+,26+,30-,31-,32+/m0/s1. The van der Waals surface area contributed by atoms with Crippen molar-refractivity contribution in [3.8, 4) is 17.2 Å². The van der Waals surface area contributed by atoms with Crippen LogP contribution < -0.4 is 4.74 Å². The molecule has 0 spiro atoms. The van der Waals surface area contributed by atoms with E-state index in [4.69, 9.17) is 37.9 Å². The molecule has 2 aromatic rings. The summed E-state index contributed by atoms with van der Waals surface area (Å²) in [5, 5.41) is 45.5. The molecule has 0 radical (unpaired) electrons. The van der Waals surface area contributed by atoms with Gasteiger partial charge in [-0.1, -0.05) is 0 Å². The third-order valence-electron chi connectivity index (χ3n) is 9.42. The number of ketones is 3. The Morgan fingerprint density at radius 1 is 0.896 bits per heavy atom. The molecule has 5 rings (SSSR count). The zero-order valence-electron chi connectivity index (χ0n) is 27.3. The molecule has 16 nitrogen and oxygen atoms in total. The first kappa shape index (κ1) is 35.2. The number of Topliss-reactive ketones (excluding diaryl/α,β-unsaturated/α-hetero) is 2. The fourth-order valence-electron chi connectivity index (χ4n) is 7.05. The number of aliphatic hydroxyl groups excluding tert-OH is 1. The minimum atomic E-state index is -3.34. The van der Waals surface area contributed by atoms with Crippen molar-refractivity contribution >= 4 is 34.1 Å². The molecule has 1 heterocycles. The number of ether oxygens (including phenoxy) is 8. The smallest absolute Gasteiger partial charge is 0.341 e. The fourth-order valence-corrected chi connectivity index (χ4v) is 7.05. The van der Waals surface area contributed by atoms with Gasteiger partial charge in [-0.15, -0.1) is 0 Å². The zero-order valence-corrected chi connectivity index (χ0v) is 27.3. The van der Waals surface area contributed by atoms with Crippen LogP contribution >= 0.6 is 0 Å². The largest absolute Gasteiger partial charge is 0.507 e. The lowest BCUT2D eigenvalue weighted by atomic mass is 9.60. The van der Waals surface area contributed by atoms with Crippen molar-refractivity contribution in [2.75, 3.05) is 42.7 Å². The Morgan fingerprint density at radius 2 is 1.50 bits per heavy atom. The average molecular weight is 677 g/mol. The lowest BCUT2D eigenvalue weighted by molar-refractivity contribution is -0.282. The van der Waals surface area contributed by atoms with Crippen molar-refractivity contribution in [3.63, 3.8) is 0 Å². The SMILES string of the molecule is COC(=O)c1c(O[C@@H]2O[C@@H](C)[C@H](OC)[C@@H](OC)[C@H]2OC)cc2c(O)c3c(c(O)c2c1C)C(=O)[C@]1(OC)C(=O)C=C(OC)[C@@H](O)[C@]1(O)C3=O. The number of hydrogen-bond acceptors (Lipinski definition) is 16. The number of carbonyl (C=O) groups excluding carboxylic acids is 4. The minimum Gasteiger partial charge on any atom is -0.507 e. The van der Waals surface area contributed by atoms with Gasteiger partial charge in [0.05, 0.1) is 31.5 Å². The van der Waals surface area contributed by atoms with E-state index in [9.17, 15) is 39.6 Å². The average Bonchev–Trinajstić information content (AvgIpc) is 3.06. The van der Waals surface area contributed by atoms with Crippen molar-refractivity contribution < 1.29 is 77.5 Å². The molecule has 3 aliphatic rings. The summed E-state index contributed by atoms with van der Waals surface area (Å²) >= 11 is 0. The highest BCUT2D eigenvalue weighted by Gasteiger charge is 2.75. The highest BCUT2D eigenvalue weighted by molar-refractivity contribution is 6.36. The summed E-state index contributed by atoms with van der Waals surface area (Å²) in [6, 6.07) is 1.10. The van der Waals surface area contributed by atoms with Crippen LogP contribution in [0, 0.1) is 6.92 Å². The Kier molecular flexibility index (Phi) is 9.07. The molecule has 1 aliphatic heterocycles. The van der Waals surface area contributed by atoms with E-state index in [0.29, 0.717) is 6.08 Å². The normalized spacial score (nSPS) is 31.6. The van der Waals surface area contributed by atoms with Crippen LogP contribution in [-0.2, 0) is 38.0 Å². The molecule has 0 unspecified atom stereocenters. The molecule has 16 heteroatoms. The van der Waals surface area contributed by atoms with Crippen molar-refractivity contribution in [1.29, 1.82) is 0 Å². The van der Waals surface area contributed by atoms with Gasteiger partial charge >= 0.3 is 5.97 Å². The van der Waals surface area contributed by atoms with Crippen molar-refractivity contribution in [2.24, 2.45) is 0 Å². The quantitative estimate of drug-likeness (QED) is 0.170. The summed E-state index contributed by atoms with van der Waals surface area (Å²) in [7, 11) is 7.29. The number of rotatable bonds is 8. The van der Waals surface area contributed by atoms with Crippen LogP contribution in [0.4, 0.5) is 0 Å². The Labute approximate surface area is 273 Å². The van der Waals surface area contributed by atoms with Gasteiger partial charge < -0.3 is 58.3 Å². The molecule has 1 fully saturated rings. The number of aliphatic hydroxyl groups is 2. The summed E-state index contributed by atoms with van der Waals surface area (Å²) in [6.07, 6.45) is -5.69. The van der Waals surface area contributed by atoms with Gasteiger partial charge in [-0.3, -0.25) is 14.4 Å². The maximum Gasteiger partial charge on any atom is 0.341 e. The van der Waals surface area contributed by atoms with E-state index < -0.39 is 99.7 Å². The summed E-state index contributed by atoms with van der Waals surface area (Å²) in [6.45, 7) is 3.05. The lowest BCUT2D eigenvalue weighted by Gasteiger charge is -2.49. The third kappa shape index (κ3) is 4.41. The fraction of sp³-hybridized carbons (Fsp3) is 0.500. The van der Waals surface area contributed by atoms with Crippen LogP contribution in [0.3, 0.4) is 0 Å². The Balaban J connectivity index is 1.80. The molecule has 0 saturated carbocycles. The number of phenolic OH excluding ortho intramolecular Hbond substituents is 2. The summed E-state index contributed by atoms with van der Waals surface area (Å²) < 4.78 is 44.1. The van der Waals surface area contributed by atoms with Crippen LogP contribution in [0.15, 0.2) is 17.9 Å². The number of fused-ring (bicyclic) bond motifs is 3. The van der Waals surface area contributed by atoms with E-state index in [1.54, 1.807) is 6.92 Å². The summed E-state index contributed by atoms with van der Waals surface area (Å²) in [4.78, 5) is 54.9. The zero-order chi connectivity index (χ0) is 35.6. The van der Waals surface area contributed by atoms with E-state index in [2.05, 4.69) is 0 Å². The summed E-state index contributed by atoms with van der Waals surface area (Å²) in [5.41, 5.74) is -8.59. The van der Waals surface area contributed by atoms with E-state index in [-0.39, 0.29) is 27.6 Å². The van der Waals surface area contributed by atoms with Gasteiger partial charge in [-0.2, -0.15) is 0 Å². The van der Waals surface area contributed by atoms with Gasteiger partial charge in [-0.05, 0) is 25.5 Å². The van der Waals surface area contributed by atoms with Gasteiger partial charge in [0.25, 0.3) is 0 Å². The molecule has 48 heavy (non-hydrogen) atoms. The Morgan fingerprint density at radius 3 is 2.04 bits per heavy atom. The molecule has 1 saturated heterocycles. The molecule has 4 N–H and O–H groups in total.